The van der Waals surface area contributed by atoms with E-state index in [1.54, 1.807) is 0 Å². The zero-order chi connectivity index (χ0) is 12.7. The fourth-order valence-electron chi connectivity index (χ4n) is 1.40. The van der Waals surface area contributed by atoms with Crippen LogP contribution in [0.15, 0.2) is 30.3 Å². The largest absolute Gasteiger partial charge is 0.362 e. The van der Waals surface area contributed by atoms with Gasteiger partial charge in [-0.2, -0.15) is 0 Å². The van der Waals surface area contributed by atoms with Gasteiger partial charge in [-0.1, -0.05) is 37.3 Å². The van der Waals surface area contributed by atoms with Crippen LogP contribution >= 0.6 is 12.2 Å². The minimum Gasteiger partial charge on any atom is -0.362 e. The van der Waals surface area contributed by atoms with E-state index in [4.69, 9.17) is 12.2 Å². The highest BCUT2D eigenvalue weighted by molar-refractivity contribution is 7.80. The highest BCUT2D eigenvalue weighted by Gasteiger charge is 2.14. The number of benzene rings is 1. The second-order valence-corrected chi connectivity index (χ2v) is 5.26. The van der Waals surface area contributed by atoms with Gasteiger partial charge in [0.15, 0.2) is 5.11 Å². The lowest BCUT2D eigenvalue weighted by Crippen LogP contribution is -2.48. The van der Waals surface area contributed by atoms with Crippen LogP contribution in [0.2, 0.25) is 0 Å². The SMILES string of the molecule is CCC(C)(C)NC(=S)NCCc1ccccc1. The Morgan fingerprint density at radius 3 is 2.47 bits per heavy atom. The van der Waals surface area contributed by atoms with Crippen LogP contribution in [0.4, 0.5) is 0 Å². The molecule has 17 heavy (non-hydrogen) atoms. The Hall–Kier alpha value is -1.09. The first-order valence-corrected chi connectivity index (χ1v) is 6.54. The Morgan fingerprint density at radius 2 is 1.88 bits per heavy atom. The summed E-state index contributed by atoms with van der Waals surface area (Å²) in [5.41, 5.74) is 1.40. The molecule has 0 unspecified atom stereocenters. The third kappa shape index (κ3) is 5.68. The van der Waals surface area contributed by atoms with E-state index in [0.717, 1.165) is 24.5 Å². The average molecular weight is 250 g/mol. The van der Waals surface area contributed by atoms with E-state index in [9.17, 15) is 0 Å². The molecule has 1 rings (SSSR count). The summed E-state index contributed by atoms with van der Waals surface area (Å²) in [4.78, 5) is 0. The summed E-state index contributed by atoms with van der Waals surface area (Å²) in [6.45, 7) is 7.32. The third-order valence-corrected chi connectivity index (χ3v) is 3.12. The molecule has 2 nitrogen and oxygen atoms in total. The van der Waals surface area contributed by atoms with Crippen molar-refractivity contribution in [2.45, 2.75) is 39.2 Å². The van der Waals surface area contributed by atoms with E-state index in [2.05, 4.69) is 55.7 Å². The minimum absolute atomic E-state index is 0.0663. The van der Waals surface area contributed by atoms with E-state index in [1.807, 2.05) is 6.07 Å². The van der Waals surface area contributed by atoms with Gasteiger partial charge in [0, 0.05) is 12.1 Å². The number of thiocarbonyl (C=S) groups is 1. The molecule has 0 radical (unpaired) electrons. The zero-order valence-electron chi connectivity index (χ0n) is 10.9. The molecule has 3 heteroatoms. The van der Waals surface area contributed by atoms with Gasteiger partial charge in [-0.25, -0.2) is 0 Å². The van der Waals surface area contributed by atoms with Crippen LogP contribution in [-0.2, 0) is 6.42 Å². The molecule has 0 bridgehead atoms. The molecule has 0 aliphatic carbocycles. The molecule has 0 atom stereocenters. The number of nitrogens with one attached hydrogen (secondary N) is 2. The first kappa shape index (κ1) is 14.0. The third-order valence-electron chi connectivity index (χ3n) is 2.88. The molecule has 0 spiro atoms. The lowest BCUT2D eigenvalue weighted by molar-refractivity contribution is 0.442. The van der Waals surface area contributed by atoms with Crippen LogP contribution in [-0.4, -0.2) is 17.2 Å². The summed E-state index contributed by atoms with van der Waals surface area (Å²) >= 11 is 5.26. The highest BCUT2D eigenvalue weighted by Crippen LogP contribution is 2.06. The summed E-state index contributed by atoms with van der Waals surface area (Å²) in [7, 11) is 0. The molecular weight excluding hydrogens is 228 g/mol. The Balaban J connectivity index is 2.25. The topological polar surface area (TPSA) is 24.1 Å². The fourth-order valence-corrected chi connectivity index (χ4v) is 1.78. The smallest absolute Gasteiger partial charge is 0.166 e. The lowest BCUT2D eigenvalue weighted by atomic mass is 10.0. The molecule has 1 aromatic carbocycles. The van der Waals surface area contributed by atoms with Crippen molar-refractivity contribution in [1.29, 1.82) is 0 Å². The first-order chi connectivity index (χ1) is 8.03. The van der Waals surface area contributed by atoms with E-state index in [-0.39, 0.29) is 5.54 Å². The molecule has 0 amide bonds. The van der Waals surface area contributed by atoms with E-state index >= 15 is 0 Å². The molecular formula is C14H22N2S. The molecule has 0 heterocycles. The van der Waals surface area contributed by atoms with Gasteiger partial charge in [0.2, 0.25) is 0 Å². The van der Waals surface area contributed by atoms with Crippen molar-refractivity contribution in [1.82, 2.24) is 10.6 Å². The summed E-state index contributed by atoms with van der Waals surface area (Å²) in [5, 5.41) is 7.30. The van der Waals surface area contributed by atoms with Crippen molar-refractivity contribution < 1.29 is 0 Å². The summed E-state index contributed by atoms with van der Waals surface area (Å²) in [6.07, 6.45) is 2.04. The van der Waals surface area contributed by atoms with Gasteiger partial charge in [0.1, 0.15) is 0 Å². The van der Waals surface area contributed by atoms with Crippen LogP contribution in [0.3, 0.4) is 0 Å². The summed E-state index contributed by atoms with van der Waals surface area (Å²) < 4.78 is 0. The molecule has 0 aliphatic rings. The number of hydrogen-bond donors (Lipinski definition) is 2. The van der Waals surface area contributed by atoms with Gasteiger partial charge in [-0.3, -0.25) is 0 Å². The van der Waals surface area contributed by atoms with Crippen molar-refractivity contribution in [2.24, 2.45) is 0 Å². The molecule has 0 saturated heterocycles. The molecule has 1 aromatic rings. The summed E-state index contributed by atoms with van der Waals surface area (Å²) in [6, 6.07) is 10.4. The van der Waals surface area contributed by atoms with Gasteiger partial charge in [-0.15, -0.1) is 0 Å². The Bertz CT molecular complexity index is 346. The second-order valence-electron chi connectivity index (χ2n) is 4.85. The predicted octanol–water partition coefficient (Wildman–Crippen LogP) is 2.88. The maximum absolute atomic E-state index is 5.26. The Morgan fingerprint density at radius 1 is 1.24 bits per heavy atom. The predicted molar refractivity (Wildman–Crippen MR) is 78.3 cm³/mol. The zero-order valence-corrected chi connectivity index (χ0v) is 11.7. The molecule has 0 aromatic heterocycles. The van der Waals surface area contributed by atoms with Crippen molar-refractivity contribution >= 4 is 17.3 Å². The van der Waals surface area contributed by atoms with E-state index in [1.165, 1.54) is 5.56 Å². The molecule has 0 aliphatic heterocycles. The van der Waals surface area contributed by atoms with E-state index in [0.29, 0.717) is 0 Å². The van der Waals surface area contributed by atoms with E-state index < -0.39 is 0 Å². The van der Waals surface area contributed by atoms with Crippen LogP contribution in [0.1, 0.15) is 32.8 Å². The highest BCUT2D eigenvalue weighted by atomic mass is 32.1. The van der Waals surface area contributed by atoms with Crippen LogP contribution in [0, 0.1) is 0 Å². The first-order valence-electron chi connectivity index (χ1n) is 6.13. The monoisotopic (exact) mass is 250 g/mol. The molecule has 94 valence electrons. The minimum atomic E-state index is 0.0663. The Kier molecular flexibility index (Phi) is 5.42. The van der Waals surface area contributed by atoms with Crippen LogP contribution < -0.4 is 10.6 Å². The average Bonchev–Trinajstić information content (AvgIpc) is 2.30. The van der Waals surface area contributed by atoms with Crippen molar-refractivity contribution in [3.63, 3.8) is 0 Å². The van der Waals surface area contributed by atoms with Crippen molar-refractivity contribution in [2.75, 3.05) is 6.54 Å². The molecule has 0 saturated carbocycles. The number of hydrogen-bond acceptors (Lipinski definition) is 1. The quantitative estimate of drug-likeness (QED) is 0.786. The maximum Gasteiger partial charge on any atom is 0.166 e. The standard InChI is InChI=1S/C14H22N2S/c1-4-14(2,3)16-13(17)15-11-10-12-8-6-5-7-9-12/h5-9H,4,10-11H2,1-3H3,(H2,15,16,17). The van der Waals surface area contributed by atoms with Crippen LogP contribution in [0.5, 0.6) is 0 Å². The summed E-state index contributed by atoms with van der Waals surface area (Å²) in [5.74, 6) is 0. The fraction of sp³-hybridized carbons (Fsp3) is 0.500. The van der Waals surface area contributed by atoms with Gasteiger partial charge in [-0.05, 0) is 44.5 Å². The Labute approximate surface area is 110 Å². The van der Waals surface area contributed by atoms with Gasteiger partial charge >= 0.3 is 0 Å². The van der Waals surface area contributed by atoms with Crippen molar-refractivity contribution in [3.8, 4) is 0 Å². The number of rotatable bonds is 5. The van der Waals surface area contributed by atoms with Gasteiger partial charge in [0.05, 0.1) is 0 Å². The molecule has 0 fully saturated rings. The lowest BCUT2D eigenvalue weighted by Gasteiger charge is -2.26. The maximum atomic E-state index is 5.26. The normalized spacial score (nSPS) is 11.0. The van der Waals surface area contributed by atoms with Crippen molar-refractivity contribution in [3.05, 3.63) is 35.9 Å². The van der Waals surface area contributed by atoms with Gasteiger partial charge < -0.3 is 10.6 Å². The van der Waals surface area contributed by atoms with Gasteiger partial charge in [0.25, 0.3) is 0 Å². The van der Waals surface area contributed by atoms with Crippen LogP contribution in [0.25, 0.3) is 0 Å². The second kappa shape index (κ2) is 6.60. The molecule has 2 N–H and O–H groups in total.